The van der Waals surface area contributed by atoms with E-state index in [2.05, 4.69) is 37.2 Å². The van der Waals surface area contributed by atoms with E-state index < -0.39 is 76.3 Å². The van der Waals surface area contributed by atoms with E-state index >= 15 is 8.78 Å². The first kappa shape index (κ1) is 44.6. The second-order valence-electron chi connectivity index (χ2n) is 18.4. The maximum absolute atomic E-state index is 15.8. The van der Waals surface area contributed by atoms with Gasteiger partial charge < -0.3 is 19.7 Å². The lowest BCUT2D eigenvalue weighted by molar-refractivity contribution is -0.136. The highest BCUT2D eigenvalue weighted by Gasteiger charge is 2.44. The summed E-state index contributed by atoms with van der Waals surface area (Å²) in [5.74, 6) is -6.88. The van der Waals surface area contributed by atoms with Crippen molar-refractivity contribution in [2.75, 3.05) is 55.4 Å². The molecule has 5 aliphatic rings. The number of nitrogens with one attached hydrogen (secondary N) is 3. The zero-order chi connectivity index (χ0) is 46.8. The number of aromatic amines is 1. The van der Waals surface area contributed by atoms with Crippen molar-refractivity contribution < 1.29 is 45.2 Å². The molecule has 5 aromatic rings. The minimum absolute atomic E-state index is 0.0929. The Balaban J connectivity index is 0.730. The lowest BCUT2D eigenvalue weighted by Crippen LogP contribution is -2.52. The highest BCUT2D eigenvalue weighted by Crippen LogP contribution is 2.36. The summed E-state index contributed by atoms with van der Waals surface area (Å²) in [6, 6.07) is 16.7. The topological polar surface area (TPSA) is 168 Å². The Labute approximate surface area is 383 Å². The molecule has 0 spiro atoms. The normalized spacial score (nSPS) is 21.0. The average Bonchev–Trinajstić information content (AvgIpc) is 4.02. The molecule has 1 unspecified atom stereocenters. The standard InChI is InChI=1S/C48H48F4N8O6S/c49-38-7-8-39(56-67(65,66)59-20-15-48(51,52)27-59)43(50)42(38)44(62)37-24-54-45-36(37)22-32(23-53-45)29-1-4-34(5-2-29)58-18-11-28(12-19-58)25-57-16-13-30(14-17-57)31-3-6-35-33(21-31)26-60(47(35)64)40-9-10-41(61)55-46(40)63/h1-8,21-24,28,30,40,56H,9-20,25-27H2,(H,53,54)(H,55,61,63). The van der Waals surface area contributed by atoms with Crippen LogP contribution in [0.4, 0.5) is 28.9 Å². The predicted octanol–water partition coefficient (Wildman–Crippen LogP) is 6.59. The predicted molar refractivity (Wildman–Crippen MR) is 241 cm³/mol. The van der Waals surface area contributed by atoms with Crippen molar-refractivity contribution >= 4 is 56.1 Å². The van der Waals surface area contributed by atoms with E-state index in [-0.39, 0.29) is 23.8 Å². The van der Waals surface area contributed by atoms with E-state index in [9.17, 15) is 36.4 Å². The fourth-order valence-electron chi connectivity index (χ4n) is 10.3. The number of rotatable bonds is 11. The average molecular weight is 941 g/mol. The number of benzene rings is 3. The number of hydrogen-bond donors (Lipinski definition) is 3. The number of H-pyrrole nitrogens is 1. The number of likely N-dealkylation sites (tertiary alicyclic amines) is 1. The number of pyridine rings is 1. The van der Waals surface area contributed by atoms with Crippen LogP contribution in [-0.2, 0) is 26.3 Å². The fraction of sp³-hybridized carbons (Fsp3) is 0.396. The van der Waals surface area contributed by atoms with Crippen molar-refractivity contribution in [3.05, 3.63) is 113 Å². The summed E-state index contributed by atoms with van der Waals surface area (Å²) < 4.78 is 86.3. The number of carbonyl (C=O) groups is 4. The van der Waals surface area contributed by atoms with Gasteiger partial charge in [0.05, 0.1) is 17.8 Å². The Morgan fingerprint density at radius 2 is 1.64 bits per heavy atom. The number of ketones is 1. The second kappa shape index (κ2) is 17.5. The molecular formula is C48H48F4N8O6S. The minimum atomic E-state index is -4.63. The molecule has 3 N–H and O–H groups in total. The van der Waals surface area contributed by atoms with Gasteiger partial charge in [-0.25, -0.2) is 22.5 Å². The van der Waals surface area contributed by atoms with Gasteiger partial charge in [0.25, 0.3) is 11.8 Å². The molecule has 5 aliphatic heterocycles. The van der Waals surface area contributed by atoms with Gasteiger partial charge in [-0.15, -0.1) is 0 Å². The van der Waals surface area contributed by atoms with Crippen molar-refractivity contribution in [3.8, 4) is 11.1 Å². The molecule has 4 fully saturated rings. The lowest BCUT2D eigenvalue weighted by atomic mass is 9.87. The summed E-state index contributed by atoms with van der Waals surface area (Å²) in [6.45, 7) is 3.68. The number of piperidine rings is 3. The Hall–Kier alpha value is -6.18. The quantitative estimate of drug-likeness (QED) is 0.0752. The molecule has 0 saturated carbocycles. The first-order chi connectivity index (χ1) is 32.1. The fourth-order valence-corrected chi connectivity index (χ4v) is 11.6. The van der Waals surface area contributed by atoms with E-state index in [1.54, 1.807) is 17.2 Å². The summed E-state index contributed by atoms with van der Waals surface area (Å²) in [5, 5.41) is 2.66. The highest BCUT2D eigenvalue weighted by molar-refractivity contribution is 7.90. The number of hydrogen-bond acceptors (Lipinski definition) is 9. The van der Waals surface area contributed by atoms with Gasteiger partial charge in [-0.1, -0.05) is 24.3 Å². The highest BCUT2D eigenvalue weighted by atomic mass is 32.2. The SMILES string of the molecule is O=C1CCC(N2Cc3cc(C4CCN(CC5CCN(c6ccc(-c7cnc8[nH]cc(C(=O)c9c(F)ccc(NS(=O)(=O)N%10CCC(F)(F)C%10)c9F)c8c7)cc6)CC5)CC4)ccc3C2=O)C(=O)N1. The molecule has 0 aliphatic carbocycles. The van der Waals surface area contributed by atoms with Crippen molar-refractivity contribution in [1.29, 1.82) is 0 Å². The molecule has 14 nitrogen and oxygen atoms in total. The molecular weight excluding hydrogens is 893 g/mol. The van der Waals surface area contributed by atoms with Crippen LogP contribution in [-0.4, -0.2) is 114 Å². The molecule has 19 heteroatoms. The van der Waals surface area contributed by atoms with Crippen LogP contribution in [0.5, 0.6) is 0 Å². The van der Waals surface area contributed by atoms with Crippen LogP contribution < -0.4 is 14.9 Å². The molecule has 10 rings (SSSR count). The van der Waals surface area contributed by atoms with Crippen LogP contribution in [0.2, 0.25) is 0 Å². The summed E-state index contributed by atoms with van der Waals surface area (Å²) in [6.07, 6.45) is 6.96. The number of anilines is 2. The van der Waals surface area contributed by atoms with E-state index in [0.717, 1.165) is 87.4 Å². The Bertz CT molecular complexity index is 2920. The lowest BCUT2D eigenvalue weighted by Gasteiger charge is -2.38. The van der Waals surface area contributed by atoms with Crippen molar-refractivity contribution in [2.45, 2.75) is 69.4 Å². The molecule has 4 saturated heterocycles. The van der Waals surface area contributed by atoms with E-state index in [4.69, 9.17) is 0 Å². The summed E-state index contributed by atoms with van der Waals surface area (Å²) >= 11 is 0. The van der Waals surface area contributed by atoms with Gasteiger partial charge in [0.15, 0.2) is 5.82 Å². The van der Waals surface area contributed by atoms with Crippen LogP contribution >= 0.6 is 0 Å². The summed E-state index contributed by atoms with van der Waals surface area (Å²) in [7, 11) is -4.63. The Morgan fingerprint density at radius 3 is 2.36 bits per heavy atom. The van der Waals surface area contributed by atoms with Crippen LogP contribution in [0.1, 0.15) is 88.3 Å². The summed E-state index contributed by atoms with van der Waals surface area (Å²) in [4.78, 5) is 64.9. The third kappa shape index (κ3) is 8.79. The number of aromatic nitrogens is 2. The number of alkyl halides is 2. The van der Waals surface area contributed by atoms with Crippen LogP contribution in [0, 0.1) is 17.6 Å². The first-order valence-corrected chi connectivity index (χ1v) is 24.1. The van der Waals surface area contributed by atoms with Crippen molar-refractivity contribution in [1.82, 2.24) is 29.4 Å². The smallest absolute Gasteiger partial charge is 0.301 e. The molecule has 1 atom stereocenters. The maximum atomic E-state index is 15.8. The van der Waals surface area contributed by atoms with Gasteiger partial charge >= 0.3 is 10.2 Å². The van der Waals surface area contributed by atoms with Gasteiger partial charge in [-0.3, -0.25) is 29.2 Å². The molecule has 7 heterocycles. The molecule has 2 aromatic heterocycles. The molecule has 67 heavy (non-hydrogen) atoms. The zero-order valence-corrected chi connectivity index (χ0v) is 37.2. The Kier molecular flexibility index (Phi) is 11.6. The molecule has 3 amide bonds. The van der Waals surface area contributed by atoms with E-state index in [1.807, 2.05) is 35.1 Å². The van der Waals surface area contributed by atoms with Gasteiger partial charge in [-0.05, 0) is 110 Å². The monoisotopic (exact) mass is 940 g/mol. The van der Waals surface area contributed by atoms with Crippen molar-refractivity contribution in [2.24, 2.45) is 5.92 Å². The van der Waals surface area contributed by atoms with Gasteiger partial charge in [-0.2, -0.15) is 12.7 Å². The number of fused-ring (bicyclic) bond motifs is 2. The number of nitrogens with zero attached hydrogens (tertiary/aromatic N) is 5. The van der Waals surface area contributed by atoms with Crippen LogP contribution in [0.3, 0.4) is 0 Å². The van der Waals surface area contributed by atoms with Gasteiger partial charge in [0, 0.05) is 85.7 Å². The maximum Gasteiger partial charge on any atom is 0.301 e. The number of amides is 3. The minimum Gasteiger partial charge on any atom is -0.372 e. The molecule has 0 radical (unpaired) electrons. The van der Waals surface area contributed by atoms with E-state index in [1.165, 1.54) is 11.8 Å². The first-order valence-electron chi connectivity index (χ1n) is 22.6. The summed E-state index contributed by atoms with van der Waals surface area (Å²) in [5.41, 5.74) is 3.79. The van der Waals surface area contributed by atoms with Crippen LogP contribution in [0.15, 0.2) is 73.1 Å². The third-order valence-corrected chi connectivity index (χ3v) is 15.6. The van der Waals surface area contributed by atoms with Crippen LogP contribution in [0.25, 0.3) is 22.2 Å². The number of halogens is 4. The molecule has 3 aromatic carbocycles. The third-order valence-electron chi connectivity index (χ3n) is 14.1. The number of carbonyl (C=O) groups excluding carboxylic acids is 4. The Morgan fingerprint density at radius 1 is 0.881 bits per heavy atom. The van der Waals surface area contributed by atoms with Gasteiger partial charge in [0.1, 0.15) is 17.5 Å². The van der Waals surface area contributed by atoms with Crippen molar-refractivity contribution in [3.63, 3.8) is 0 Å². The number of imide groups is 1. The van der Waals surface area contributed by atoms with E-state index in [0.29, 0.717) is 51.3 Å². The van der Waals surface area contributed by atoms with Gasteiger partial charge in [0.2, 0.25) is 17.6 Å². The largest absolute Gasteiger partial charge is 0.372 e. The molecule has 0 bridgehead atoms. The zero-order valence-electron chi connectivity index (χ0n) is 36.4. The second-order valence-corrected chi connectivity index (χ2v) is 20.0. The molecule has 350 valence electrons.